The number of hydrogen-bond acceptors (Lipinski definition) is 2. The molecule has 0 aromatic heterocycles. The molecule has 3 N–H and O–H groups in total. The average Bonchev–Trinajstić information content (AvgIpc) is 3.15. The summed E-state index contributed by atoms with van der Waals surface area (Å²) in [5.74, 6) is 0.268. The van der Waals surface area contributed by atoms with Crippen LogP contribution in [0.4, 0.5) is 5.69 Å². The van der Waals surface area contributed by atoms with Crippen LogP contribution in [0.5, 0.6) is 0 Å². The number of benzene rings is 1. The van der Waals surface area contributed by atoms with Crippen molar-refractivity contribution in [1.82, 2.24) is 0 Å². The fraction of sp³-hybridized carbons (Fsp3) is 0.533. The van der Waals surface area contributed by atoms with Crippen molar-refractivity contribution < 1.29 is 4.79 Å². The van der Waals surface area contributed by atoms with Gasteiger partial charge in [0.2, 0.25) is 5.91 Å². The largest absolute Gasteiger partial charge is 0.324 e. The van der Waals surface area contributed by atoms with Gasteiger partial charge in [-0.05, 0) is 62.3 Å². The van der Waals surface area contributed by atoms with Crippen molar-refractivity contribution in [2.45, 2.75) is 45.6 Å². The molecule has 0 heterocycles. The molecule has 1 aliphatic carbocycles. The van der Waals surface area contributed by atoms with Crippen LogP contribution >= 0.6 is 0 Å². The quantitative estimate of drug-likeness (QED) is 0.858. The summed E-state index contributed by atoms with van der Waals surface area (Å²) >= 11 is 0. The van der Waals surface area contributed by atoms with Gasteiger partial charge in [-0.2, -0.15) is 0 Å². The van der Waals surface area contributed by atoms with Crippen LogP contribution in [-0.2, 0) is 11.2 Å². The van der Waals surface area contributed by atoms with Crippen LogP contribution in [0.25, 0.3) is 0 Å². The molecule has 0 radical (unpaired) electrons. The topological polar surface area (TPSA) is 55.1 Å². The second kappa shape index (κ2) is 4.73. The van der Waals surface area contributed by atoms with Gasteiger partial charge in [0.25, 0.3) is 0 Å². The molecule has 0 bridgehead atoms. The SMILES string of the molecule is CCc1cc(NC(=O)C(C)(N)C2CC2)ccc1C. The zero-order valence-corrected chi connectivity index (χ0v) is 11.4. The maximum absolute atomic E-state index is 12.2. The lowest BCUT2D eigenvalue weighted by Crippen LogP contribution is -2.50. The Bertz CT molecular complexity index is 462. The minimum absolute atomic E-state index is 0.0732. The predicted octanol–water partition coefficient (Wildman–Crippen LogP) is 2.62. The molecule has 18 heavy (non-hydrogen) atoms. The molecule has 98 valence electrons. The van der Waals surface area contributed by atoms with E-state index in [0.717, 1.165) is 24.9 Å². The number of amides is 1. The van der Waals surface area contributed by atoms with E-state index in [4.69, 9.17) is 5.73 Å². The number of carbonyl (C=O) groups is 1. The molecular formula is C15H22N2O. The highest BCUT2D eigenvalue weighted by Crippen LogP contribution is 2.38. The van der Waals surface area contributed by atoms with Gasteiger partial charge in [-0.3, -0.25) is 4.79 Å². The first-order chi connectivity index (χ1) is 8.45. The Labute approximate surface area is 109 Å². The monoisotopic (exact) mass is 246 g/mol. The van der Waals surface area contributed by atoms with E-state index in [-0.39, 0.29) is 5.91 Å². The predicted molar refractivity (Wildman–Crippen MR) is 74.5 cm³/mol. The highest BCUT2D eigenvalue weighted by molar-refractivity contribution is 5.98. The van der Waals surface area contributed by atoms with Crippen molar-refractivity contribution in [1.29, 1.82) is 0 Å². The fourth-order valence-corrected chi connectivity index (χ4v) is 2.26. The third kappa shape index (κ3) is 2.56. The minimum atomic E-state index is -0.739. The lowest BCUT2D eigenvalue weighted by Gasteiger charge is -2.23. The van der Waals surface area contributed by atoms with E-state index in [9.17, 15) is 4.79 Å². The molecule has 0 aliphatic heterocycles. The molecule has 3 heteroatoms. The highest BCUT2D eigenvalue weighted by atomic mass is 16.2. The van der Waals surface area contributed by atoms with E-state index >= 15 is 0 Å². The third-order valence-corrected chi connectivity index (χ3v) is 3.90. The lowest BCUT2D eigenvalue weighted by molar-refractivity contribution is -0.121. The van der Waals surface area contributed by atoms with Crippen molar-refractivity contribution >= 4 is 11.6 Å². The molecule has 1 saturated carbocycles. The van der Waals surface area contributed by atoms with E-state index in [0.29, 0.717) is 5.92 Å². The first kappa shape index (κ1) is 13.1. The third-order valence-electron chi connectivity index (χ3n) is 3.90. The molecule has 1 amide bonds. The second-order valence-corrected chi connectivity index (χ2v) is 5.51. The smallest absolute Gasteiger partial charge is 0.244 e. The zero-order chi connectivity index (χ0) is 13.3. The number of hydrogen-bond donors (Lipinski definition) is 2. The average molecular weight is 246 g/mol. The second-order valence-electron chi connectivity index (χ2n) is 5.51. The van der Waals surface area contributed by atoms with Crippen LogP contribution in [0.3, 0.4) is 0 Å². The summed E-state index contributed by atoms with van der Waals surface area (Å²) in [6, 6.07) is 6.02. The molecule has 1 aromatic rings. The van der Waals surface area contributed by atoms with Crippen molar-refractivity contribution in [3.63, 3.8) is 0 Å². The molecule has 1 aromatic carbocycles. The zero-order valence-electron chi connectivity index (χ0n) is 11.4. The van der Waals surface area contributed by atoms with Gasteiger partial charge in [-0.15, -0.1) is 0 Å². The summed E-state index contributed by atoms with van der Waals surface area (Å²) in [5, 5.41) is 2.94. The Balaban J connectivity index is 2.11. The van der Waals surface area contributed by atoms with E-state index in [1.165, 1.54) is 11.1 Å². The summed E-state index contributed by atoms with van der Waals surface area (Å²) in [7, 11) is 0. The summed E-state index contributed by atoms with van der Waals surface area (Å²) in [5.41, 5.74) is 8.73. The number of nitrogens with two attached hydrogens (primary N) is 1. The summed E-state index contributed by atoms with van der Waals surface area (Å²) in [6.07, 6.45) is 3.10. The van der Waals surface area contributed by atoms with Crippen molar-refractivity contribution in [3.05, 3.63) is 29.3 Å². The van der Waals surface area contributed by atoms with E-state index in [1.807, 2.05) is 25.1 Å². The Morgan fingerprint density at radius 1 is 1.50 bits per heavy atom. The van der Waals surface area contributed by atoms with Crippen molar-refractivity contribution in [2.24, 2.45) is 11.7 Å². The summed E-state index contributed by atoms with van der Waals surface area (Å²) in [4.78, 5) is 12.2. The summed E-state index contributed by atoms with van der Waals surface area (Å²) in [6.45, 7) is 6.03. The van der Waals surface area contributed by atoms with Crippen LogP contribution in [0, 0.1) is 12.8 Å². The van der Waals surface area contributed by atoms with Crippen LogP contribution < -0.4 is 11.1 Å². The van der Waals surface area contributed by atoms with Gasteiger partial charge < -0.3 is 11.1 Å². The van der Waals surface area contributed by atoms with Gasteiger partial charge in [-0.25, -0.2) is 0 Å². The van der Waals surface area contributed by atoms with Gasteiger partial charge in [0.15, 0.2) is 0 Å². The first-order valence-corrected chi connectivity index (χ1v) is 6.65. The van der Waals surface area contributed by atoms with E-state index < -0.39 is 5.54 Å². The molecule has 1 aliphatic rings. The number of anilines is 1. The molecule has 1 fully saturated rings. The van der Waals surface area contributed by atoms with Crippen LogP contribution in [-0.4, -0.2) is 11.4 Å². The normalized spacial score (nSPS) is 18.2. The summed E-state index contributed by atoms with van der Waals surface area (Å²) < 4.78 is 0. The molecular weight excluding hydrogens is 224 g/mol. The molecule has 0 spiro atoms. The standard InChI is InChI=1S/C15H22N2O/c1-4-11-9-13(8-5-10(11)2)17-14(18)15(3,16)12-6-7-12/h5,8-9,12H,4,6-7,16H2,1-3H3,(H,17,18). The van der Waals surface area contributed by atoms with E-state index in [2.05, 4.69) is 19.2 Å². The fourth-order valence-electron chi connectivity index (χ4n) is 2.26. The number of nitrogens with one attached hydrogen (secondary N) is 1. The molecule has 1 unspecified atom stereocenters. The van der Waals surface area contributed by atoms with Crippen LogP contribution in [0.15, 0.2) is 18.2 Å². The van der Waals surface area contributed by atoms with Crippen LogP contribution in [0.2, 0.25) is 0 Å². The Morgan fingerprint density at radius 2 is 2.17 bits per heavy atom. The lowest BCUT2D eigenvalue weighted by atomic mass is 9.96. The van der Waals surface area contributed by atoms with E-state index in [1.54, 1.807) is 0 Å². The Morgan fingerprint density at radius 3 is 2.72 bits per heavy atom. The Kier molecular flexibility index (Phi) is 3.44. The van der Waals surface area contributed by atoms with Crippen molar-refractivity contribution in [3.8, 4) is 0 Å². The Hall–Kier alpha value is -1.35. The number of carbonyl (C=O) groups excluding carboxylic acids is 1. The molecule has 0 saturated heterocycles. The molecule has 2 rings (SSSR count). The minimum Gasteiger partial charge on any atom is -0.324 e. The maximum Gasteiger partial charge on any atom is 0.244 e. The van der Waals surface area contributed by atoms with Gasteiger partial charge >= 0.3 is 0 Å². The number of aryl methyl sites for hydroxylation is 2. The van der Waals surface area contributed by atoms with Gasteiger partial charge in [0.05, 0.1) is 5.54 Å². The first-order valence-electron chi connectivity index (χ1n) is 6.65. The van der Waals surface area contributed by atoms with Crippen molar-refractivity contribution in [2.75, 3.05) is 5.32 Å². The van der Waals surface area contributed by atoms with Gasteiger partial charge in [0.1, 0.15) is 0 Å². The highest BCUT2D eigenvalue weighted by Gasteiger charge is 2.44. The molecule has 1 atom stereocenters. The van der Waals surface area contributed by atoms with Gasteiger partial charge in [0, 0.05) is 5.69 Å². The van der Waals surface area contributed by atoms with Gasteiger partial charge in [-0.1, -0.05) is 13.0 Å². The molecule has 3 nitrogen and oxygen atoms in total. The van der Waals surface area contributed by atoms with Crippen LogP contribution in [0.1, 0.15) is 37.8 Å². The number of rotatable bonds is 4. The maximum atomic E-state index is 12.2.